The molecule has 158 valence electrons. The quantitative estimate of drug-likeness (QED) is 0.637. The summed E-state index contributed by atoms with van der Waals surface area (Å²) in [4.78, 5) is 25.9. The van der Waals surface area contributed by atoms with Gasteiger partial charge in [-0.15, -0.1) is 0 Å². The first-order chi connectivity index (χ1) is 14.4. The second-order valence-corrected chi connectivity index (χ2v) is 6.80. The van der Waals surface area contributed by atoms with Crippen LogP contribution in [0.3, 0.4) is 0 Å². The molecule has 1 N–H and O–H groups in total. The van der Waals surface area contributed by atoms with Gasteiger partial charge in [0, 0.05) is 30.3 Å². The summed E-state index contributed by atoms with van der Waals surface area (Å²) in [5, 5.41) is 2.93. The van der Waals surface area contributed by atoms with Crippen molar-refractivity contribution >= 4 is 40.9 Å². The minimum atomic E-state index is -3.04. The van der Waals surface area contributed by atoms with Gasteiger partial charge in [-0.2, -0.15) is 8.78 Å². The lowest BCUT2D eigenvalue weighted by Gasteiger charge is -2.17. The van der Waals surface area contributed by atoms with E-state index in [0.717, 1.165) is 12.5 Å². The first kappa shape index (κ1) is 21.6. The smallest absolute Gasteiger partial charge is 0.387 e. The lowest BCUT2D eigenvalue weighted by molar-refractivity contribution is -0.117. The molecule has 0 saturated carbocycles. The number of para-hydroxylation sites is 1. The van der Waals surface area contributed by atoms with Crippen LogP contribution in [-0.2, 0) is 9.59 Å². The molecule has 0 aliphatic carbocycles. The molecule has 1 heterocycles. The molecular weight excluding hydrogens is 418 g/mol. The first-order valence-electron chi connectivity index (χ1n) is 9.10. The summed E-state index contributed by atoms with van der Waals surface area (Å²) in [7, 11) is 1.33. The van der Waals surface area contributed by atoms with Gasteiger partial charge in [-0.25, -0.2) is 0 Å². The van der Waals surface area contributed by atoms with Crippen LogP contribution < -0.4 is 19.7 Å². The Morgan fingerprint density at radius 2 is 2.10 bits per heavy atom. The predicted octanol–water partition coefficient (Wildman–Crippen LogP) is 4.73. The van der Waals surface area contributed by atoms with Gasteiger partial charge >= 0.3 is 6.61 Å². The lowest BCUT2D eigenvalue weighted by atomic mass is 10.1. The van der Waals surface area contributed by atoms with Crippen LogP contribution in [0.25, 0.3) is 6.08 Å². The average molecular weight is 437 g/mol. The van der Waals surface area contributed by atoms with E-state index < -0.39 is 12.5 Å². The van der Waals surface area contributed by atoms with Crippen LogP contribution in [0.1, 0.15) is 18.4 Å². The van der Waals surface area contributed by atoms with Crippen LogP contribution in [0.2, 0.25) is 5.02 Å². The second-order valence-electron chi connectivity index (χ2n) is 6.39. The number of alkyl halides is 2. The van der Waals surface area contributed by atoms with Crippen LogP contribution >= 0.6 is 11.6 Å². The van der Waals surface area contributed by atoms with Crippen LogP contribution in [0.5, 0.6) is 11.5 Å². The Balaban J connectivity index is 1.78. The fourth-order valence-electron chi connectivity index (χ4n) is 3.08. The highest BCUT2D eigenvalue weighted by Gasteiger charge is 2.22. The standard InChI is InChI=1S/C21H19ClF2N2O4/c1-29-17-5-2-4-13(20(17)30-21(23)24)7-10-18(27)25-16-12-14(8-9-15(16)22)26-11-3-6-19(26)28/h2,4-5,7-10,12,21H,3,6,11H2,1H3,(H,25,27)/b10-7+. The molecule has 1 saturated heterocycles. The van der Waals surface area contributed by atoms with Gasteiger partial charge in [-0.1, -0.05) is 23.7 Å². The molecule has 30 heavy (non-hydrogen) atoms. The number of anilines is 2. The van der Waals surface area contributed by atoms with Crippen molar-refractivity contribution < 1.29 is 27.8 Å². The molecule has 0 radical (unpaired) electrons. The normalized spacial score (nSPS) is 13.9. The summed E-state index contributed by atoms with van der Waals surface area (Å²) in [5.41, 5.74) is 1.21. The number of amides is 2. The lowest BCUT2D eigenvalue weighted by Crippen LogP contribution is -2.23. The highest BCUT2D eigenvalue weighted by atomic mass is 35.5. The summed E-state index contributed by atoms with van der Waals surface area (Å²) >= 11 is 6.16. The van der Waals surface area contributed by atoms with Crippen LogP contribution in [-0.4, -0.2) is 32.1 Å². The van der Waals surface area contributed by atoms with Crippen molar-refractivity contribution in [2.45, 2.75) is 19.5 Å². The van der Waals surface area contributed by atoms with Gasteiger partial charge in [0.25, 0.3) is 0 Å². The van der Waals surface area contributed by atoms with Crippen LogP contribution in [0.4, 0.5) is 20.2 Å². The van der Waals surface area contributed by atoms with E-state index in [1.54, 1.807) is 29.2 Å². The summed E-state index contributed by atoms with van der Waals surface area (Å²) in [6.45, 7) is -2.44. The molecule has 0 aromatic heterocycles. The molecule has 0 spiro atoms. The average Bonchev–Trinajstić information content (AvgIpc) is 3.14. The van der Waals surface area contributed by atoms with Crippen LogP contribution in [0, 0.1) is 0 Å². The number of benzene rings is 2. The number of ether oxygens (including phenoxy) is 2. The topological polar surface area (TPSA) is 67.9 Å². The van der Waals surface area contributed by atoms with Crippen LogP contribution in [0.15, 0.2) is 42.5 Å². The van der Waals surface area contributed by atoms with E-state index in [1.165, 1.54) is 25.3 Å². The zero-order valence-electron chi connectivity index (χ0n) is 16.0. The molecule has 3 rings (SSSR count). The number of halogens is 3. The number of nitrogens with one attached hydrogen (secondary N) is 1. The SMILES string of the molecule is COc1cccc(/C=C/C(=O)Nc2cc(N3CCCC3=O)ccc2Cl)c1OC(F)F. The molecular formula is C21H19ClF2N2O4. The number of nitrogens with zero attached hydrogens (tertiary/aromatic N) is 1. The molecule has 0 bridgehead atoms. The minimum absolute atomic E-state index is 0.0130. The van der Waals surface area contributed by atoms with Crippen molar-refractivity contribution in [2.24, 2.45) is 0 Å². The Labute approximate surface area is 177 Å². The summed E-state index contributed by atoms with van der Waals surface area (Å²) < 4.78 is 35.0. The van der Waals surface area contributed by atoms with Gasteiger partial charge in [-0.05, 0) is 36.8 Å². The molecule has 0 atom stereocenters. The third kappa shape index (κ3) is 5.07. The van der Waals surface area contributed by atoms with Gasteiger partial charge in [-0.3, -0.25) is 9.59 Å². The third-order valence-electron chi connectivity index (χ3n) is 4.44. The molecule has 2 aromatic rings. The largest absolute Gasteiger partial charge is 0.493 e. The maximum atomic E-state index is 12.7. The molecule has 1 fully saturated rings. The van der Waals surface area contributed by atoms with Crippen molar-refractivity contribution in [3.05, 3.63) is 53.1 Å². The Morgan fingerprint density at radius 1 is 1.30 bits per heavy atom. The Morgan fingerprint density at radius 3 is 2.77 bits per heavy atom. The second kappa shape index (κ2) is 9.58. The van der Waals surface area contributed by atoms with E-state index in [9.17, 15) is 18.4 Å². The van der Waals surface area contributed by atoms with Crippen molar-refractivity contribution in [1.82, 2.24) is 0 Å². The van der Waals surface area contributed by atoms with Gasteiger partial charge in [0.15, 0.2) is 11.5 Å². The monoisotopic (exact) mass is 436 g/mol. The molecule has 2 aromatic carbocycles. The fraction of sp³-hybridized carbons (Fsp3) is 0.238. The fourth-order valence-corrected chi connectivity index (χ4v) is 3.24. The highest BCUT2D eigenvalue weighted by molar-refractivity contribution is 6.34. The van der Waals surface area contributed by atoms with Gasteiger partial charge in [0.05, 0.1) is 17.8 Å². The molecule has 1 aliphatic rings. The van der Waals surface area contributed by atoms with E-state index in [-0.39, 0.29) is 23.0 Å². The van der Waals surface area contributed by atoms with E-state index >= 15 is 0 Å². The number of rotatable bonds is 7. The van der Waals surface area contributed by atoms with E-state index in [2.05, 4.69) is 10.1 Å². The van der Waals surface area contributed by atoms with E-state index in [1.807, 2.05) is 0 Å². The Kier molecular flexibility index (Phi) is 6.89. The maximum absolute atomic E-state index is 12.7. The summed E-state index contributed by atoms with van der Waals surface area (Å²) in [6, 6.07) is 9.49. The zero-order valence-corrected chi connectivity index (χ0v) is 16.8. The predicted molar refractivity (Wildman–Crippen MR) is 110 cm³/mol. The number of methoxy groups -OCH3 is 1. The van der Waals surface area contributed by atoms with Crippen molar-refractivity contribution in [3.8, 4) is 11.5 Å². The summed E-state index contributed by atoms with van der Waals surface area (Å²) in [5.74, 6) is -0.581. The van der Waals surface area contributed by atoms with Gasteiger partial charge < -0.3 is 19.7 Å². The third-order valence-corrected chi connectivity index (χ3v) is 4.77. The molecule has 1 aliphatic heterocycles. The van der Waals surface area contributed by atoms with Gasteiger partial charge in [0.1, 0.15) is 0 Å². The van der Waals surface area contributed by atoms with Crippen molar-refractivity contribution in [1.29, 1.82) is 0 Å². The number of hydrogen-bond acceptors (Lipinski definition) is 4. The zero-order chi connectivity index (χ0) is 21.7. The molecule has 9 heteroatoms. The number of carbonyl (C=O) groups is 2. The highest BCUT2D eigenvalue weighted by Crippen LogP contribution is 2.33. The summed E-state index contributed by atoms with van der Waals surface area (Å²) in [6.07, 6.45) is 3.75. The molecule has 2 amide bonds. The first-order valence-corrected chi connectivity index (χ1v) is 9.47. The Hall–Kier alpha value is -3.13. The number of hydrogen-bond donors (Lipinski definition) is 1. The Bertz CT molecular complexity index is 981. The molecule has 0 unspecified atom stereocenters. The van der Waals surface area contributed by atoms with Crippen molar-refractivity contribution in [3.63, 3.8) is 0 Å². The number of carbonyl (C=O) groups excluding carboxylic acids is 2. The van der Waals surface area contributed by atoms with Gasteiger partial charge in [0.2, 0.25) is 11.8 Å². The van der Waals surface area contributed by atoms with Crippen molar-refractivity contribution in [2.75, 3.05) is 23.9 Å². The maximum Gasteiger partial charge on any atom is 0.387 e. The minimum Gasteiger partial charge on any atom is -0.493 e. The van der Waals surface area contributed by atoms with E-state index in [0.29, 0.717) is 29.4 Å². The van der Waals surface area contributed by atoms with E-state index in [4.69, 9.17) is 16.3 Å². The molecule has 6 nitrogen and oxygen atoms in total.